The molecule has 15 heavy (non-hydrogen) atoms. The first-order valence-electron chi connectivity index (χ1n) is 5.39. The molecule has 0 heterocycles. The monoisotopic (exact) mass is 285 g/mol. The largest absolute Gasteiger partial charge is 0.316 e. The Labute approximate surface area is 104 Å². The summed E-state index contributed by atoms with van der Waals surface area (Å²) >= 11 is 5.52. The van der Waals surface area contributed by atoms with Gasteiger partial charge < -0.3 is 5.32 Å². The van der Waals surface area contributed by atoms with Crippen LogP contribution in [0.2, 0.25) is 0 Å². The van der Waals surface area contributed by atoms with Gasteiger partial charge in [-0.2, -0.15) is 0 Å². The molecule has 0 radical (unpaired) electrons. The molecule has 0 spiro atoms. The highest BCUT2D eigenvalue weighted by molar-refractivity contribution is 9.10. The third kappa shape index (κ3) is 2.99. The smallest absolute Gasteiger partial charge is 0.0248 e. The lowest BCUT2D eigenvalue weighted by atomic mass is 10.2. The fourth-order valence-electron chi connectivity index (χ4n) is 2.11. The van der Waals surface area contributed by atoms with Gasteiger partial charge >= 0.3 is 0 Å². The zero-order valence-corrected chi connectivity index (χ0v) is 11.3. The molecule has 1 aliphatic carbocycles. The Bertz CT molecular complexity index is 329. The van der Waals surface area contributed by atoms with Crippen molar-refractivity contribution in [1.82, 2.24) is 5.32 Å². The van der Waals surface area contributed by atoms with Crippen LogP contribution in [0.5, 0.6) is 0 Å². The zero-order chi connectivity index (χ0) is 10.7. The highest BCUT2D eigenvalue weighted by Crippen LogP contribution is 2.35. The SMILES string of the molecule is CNC1CCCC1Sc1cccc(Br)c1. The van der Waals surface area contributed by atoms with Crippen molar-refractivity contribution in [3.63, 3.8) is 0 Å². The maximum absolute atomic E-state index is 3.51. The Balaban J connectivity index is 2.02. The number of benzene rings is 1. The van der Waals surface area contributed by atoms with E-state index in [0.717, 1.165) is 5.25 Å². The lowest BCUT2D eigenvalue weighted by Crippen LogP contribution is -2.30. The van der Waals surface area contributed by atoms with Gasteiger partial charge in [-0.05, 0) is 38.1 Å². The number of hydrogen-bond donors (Lipinski definition) is 1. The molecule has 1 nitrogen and oxygen atoms in total. The molecule has 0 aromatic heterocycles. The summed E-state index contributed by atoms with van der Waals surface area (Å²) < 4.78 is 1.17. The Morgan fingerprint density at radius 2 is 2.27 bits per heavy atom. The molecule has 1 aromatic rings. The zero-order valence-electron chi connectivity index (χ0n) is 8.87. The highest BCUT2D eigenvalue weighted by atomic mass is 79.9. The van der Waals surface area contributed by atoms with E-state index in [1.165, 1.54) is 28.6 Å². The van der Waals surface area contributed by atoms with Crippen molar-refractivity contribution in [2.75, 3.05) is 7.05 Å². The van der Waals surface area contributed by atoms with Gasteiger partial charge in [0.2, 0.25) is 0 Å². The fraction of sp³-hybridized carbons (Fsp3) is 0.500. The first-order chi connectivity index (χ1) is 7.29. The van der Waals surface area contributed by atoms with Crippen LogP contribution in [-0.2, 0) is 0 Å². The van der Waals surface area contributed by atoms with Gasteiger partial charge in [0.1, 0.15) is 0 Å². The molecule has 0 saturated heterocycles. The van der Waals surface area contributed by atoms with Gasteiger partial charge in [0.05, 0.1) is 0 Å². The molecule has 0 amide bonds. The van der Waals surface area contributed by atoms with E-state index in [9.17, 15) is 0 Å². The van der Waals surface area contributed by atoms with E-state index in [4.69, 9.17) is 0 Å². The molecule has 82 valence electrons. The minimum atomic E-state index is 0.689. The summed E-state index contributed by atoms with van der Waals surface area (Å²) in [5.41, 5.74) is 0. The van der Waals surface area contributed by atoms with Gasteiger partial charge in [0, 0.05) is 20.7 Å². The van der Waals surface area contributed by atoms with Crippen molar-refractivity contribution in [2.45, 2.75) is 35.4 Å². The van der Waals surface area contributed by atoms with E-state index in [0.29, 0.717) is 6.04 Å². The van der Waals surface area contributed by atoms with Gasteiger partial charge in [-0.15, -0.1) is 11.8 Å². The Morgan fingerprint density at radius 3 is 3.00 bits per heavy atom. The molecule has 2 rings (SSSR count). The number of nitrogens with one attached hydrogen (secondary N) is 1. The van der Waals surface area contributed by atoms with Crippen molar-refractivity contribution in [1.29, 1.82) is 0 Å². The normalized spacial score (nSPS) is 25.7. The van der Waals surface area contributed by atoms with Crippen molar-refractivity contribution >= 4 is 27.7 Å². The van der Waals surface area contributed by atoms with Crippen molar-refractivity contribution < 1.29 is 0 Å². The fourth-order valence-corrected chi connectivity index (χ4v) is 4.09. The van der Waals surface area contributed by atoms with Crippen LogP contribution in [0.25, 0.3) is 0 Å². The van der Waals surface area contributed by atoms with Crippen LogP contribution in [0.1, 0.15) is 19.3 Å². The predicted octanol–water partition coefficient (Wildman–Crippen LogP) is 3.68. The Hall–Kier alpha value is 0.01000. The Morgan fingerprint density at radius 1 is 1.40 bits per heavy atom. The molecule has 1 fully saturated rings. The molecular formula is C12H16BrNS. The quantitative estimate of drug-likeness (QED) is 0.909. The number of halogens is 1. The molecular weight excluding hydrogens is 270 g/mol. The third-order valence-electron chi connectivity index (χ3n) is 2.91. The topological polar surface area (TPSA) is 12.0 Å². The van der Waals surface area contributed by atoms with Gasteiger partial charge in [-0.25, -0.2) is 0 Å². The molecule has 2 atom stereocenters. The summed E-state index contributed by atoms with van der Waals surface area (Å²) in [6, 6.07) is 9.27. The summed E-state index contributed by atoms with van der Waals surface area (Å²) in [5, 5.41) is 4.16. The maximum atomic E-state index is 3.51. The summed E-state index contributed by atoms with van der Waals surface area (Å²) in [4.78, 5) is 1.37. The molecule has 3 heteroatoms. The second-order valence-corrected chi connectivity index (χ2v) is 6.17. The predicted molar refractivity (Wildman–Crippen MR) is 70.5 cm³/mol. The summed E-state index contributed by atoms with van der Waals surface area (Å²) in [7, 11) is 2.07. The van der Waals surface area contributed by atoms with Gasteiger partial charge in [-0.3, -0.25) is 0 Å². The molecule has 2 unspecified atom stereocenters. The van der Waals surface area contributed by atoms with Crippen molar-refractivity contribution in [3.8, 4) is 0 Å². The van der Waals surface area contributed by atoms with Gasteiger partial charge in [0.25, 0.3) is 0 Å². The van der Waals surface area contributed by atoms with Crippen LogP contribution in [0.3, 0.4) is 0 Å². The Kier molecular flexibility index (Phi) is 4.12. The van der Waals surface area contributed by atoms with Crippen LogP contribution in [0, 0.1) is 0 Å². The standard InChI is InChI=1S/C12H16BrNS/c1-14-11-6-3-7-12(11)15-10-5-2-4-9(13)8-10/h2,4-5,8,11-12,14H,3,6-7H2,1H3. The van der Waals surface area contributed by atoms with Gasteiger partial charge in [0.15, 0.2) is 0 Å². The van der Waals surface area contributed by atoms with E-state index in [1.807, 2.05) is 11.8 Å². The summed E-state index contributed by atoms with van der Waals surface area (Å²) in [6.45, 7) is 0. The molecule has 1 aromatic carbocycles. The minimum absolute atomic E-state index is 0.689. The minimum Gasteiger partial charge on any atom is -0.316 e. The third-order valence-corrected chi connectivity index (χ3v) is 4.79. The van der Waals surface area contributed by atoms with E-state index in [-0.39, 0.29) is 0 Å². The molecule has 1 N–H and O–H groups in total. The second kappa shape index (κ2) is 5.37. The van der Waals surface area contributed by atoms with Crippen LogP contribution in [0.15, 0.2) is 33.6 Å². The van der Waals surface area contributed by atoms with E-state index in [1.54, 1.807) is 0 Å². The molecule has 1 aliphatic rings. The lowest BCUT2D eigenvalue weighted by molar-refractivity contribution is 0.591. The van der Waals surface area contributed by atoms with Crippen LogP contribution < -0.4 is 5.32 Å². The average molecular weight is 286 g/mol. The van der Waals surface area contributed by atoms with Crippen LogP contribution in [0.4, 0.5) is 0 Å². The number of thioether (sulfide) groups is 1. The average Bonchev–Trinajstić information content (AvgIpc) is 2.65. The lowest BCUT2D eigenvalue weighted by Gasteiger charge is -2.18. The summed E-state index contributed by atoms with van der Waals surface area (Å²) in [5.74, 6) is 0. The molecule has 0 aliphatic heterocycles. The number of rotatable bonds is 3. The molecule has 1 saturated carbocycles. The first-order valence-corrected chi connectivity index (χ1v) is 7.06. The maximum Gasteiger partial charge on any atom is 0.0248 e. The van der Waals surface area contributed by atoms with Crippen LogP contribution in [-0.4, -0.2) is 18.3 Å². The van der Waals surface area contributed by atoms with E-state index >= 15 is 0 Å². The second-order valence-electron chi connectivity index (χ2n) is 3.94. The highest BCUT2D eigenvalue weighted by Gasteiger charge is 2.26. The molecule has 0 bridgehead atoms. The van der Waals surface area contributed by atoms with Gasteiger partial charge in [-0.1, -0.05) is 28.4 Å². The van der Waals surface area contributed by atoms with Crippen molar-refractivity contribution in [2.24, 2.45) is 0 Å². The van der Waals surface area contributed by atoms with E-state index in [2.05, 4.69) is 52.6 Å². The first kappa shape index (κ1) is 11.5. The van der Waals surface area contributed by atoms with Crippen LogP contribution >= 0.6 is 27.7 Å². The summed E-state index contributed by atoms with van der Waals surface area (Å²) in [6.07, 6.45) is 4.02. The van der Waals surface area contributed by atoms with E-state index < -0.39 is 0 Å². The number of hydrogen-bond acceptors (Lipinski definition) is 2. The van der Waals surface area contributed by atoms with Crippen molar-refractivity contribution in [3.05, 3.63) is 28.7 Å².